The summed E-state index contributed by atoms with van der Waals surface area (Å²) in [4.78, 5) is 12.2. The van der Waals surface area contributed by atoms with Crippen molar-refractivity contribution in [2.24, 2.45) is 0 Å². The topological polar surface area (TPSA) is 67.8 Å². The van der Waals surface area contributed by atoms with Crippen LogP contribution in [0.1, 0.15) is 18.2 Å². The Labute approximate surface area is 158 Å². The van der Waals surface area contributed by atoms with Gasteiger partial charge in [0.2, 0.25) is 0 Å². The van der Waals surface area contributed by atoms with Crippen LogP contribution >= 0.6 is 11.3 Å². The van der Waals surface area contributed by atoms with Crippen LogP contribution in [0.3, 0.4) is 0 Å². The van der Waals surface area contributed by atoms with Crippen LogP contribution in [0.4, 0.5) is 18.3 Å². The molecular weight excluding hydrogens is 397 g/mol. The second-order valence-corrected chi connectivity index (χ2v) is 9.07. The fourth-order valence-electron chi connectivity index (χ4n) is 2.21. The third kappa shape index (κ3) is 4.45. The highest BCUT2D eigenvalue weighted by Crippen LogP contribution is 2.28. The molecule has 0 amide bonds. The predicted octanol–water partition coefficient (Wildman–Crippen LogP) is 4.10. The number of nitrogens with zero attached hydrogens (tertiary/aromatic N) is 3. The number of thiazole rings is 1. The van der Waals surface area contributed by atoms with E-state index in [1.807, 2.05) is 11.4 Å². The van der Waals surface area contributed by atoms with Crippen LogP contribution in [0.5, 0.6) is 0 Å². The maximum Gasteiger partial charge on any atom is 0.433 e. The first kappa shape index (κ1) is 19.3. The van der Waals surface area contributed by atoms with Crippen molar-refractivity contribution in [3.05, 3.63) is 59.5 Å². The smallest absolute Gasteiger partial charge is 0.288 e. The van der Waals surface area contributed by atoms with Gasteiger partial charge in [-0.2, -0.15) is 13.2 Å². The molecule has 10 heteroatoms. The fraction of sp³-hybridized carbons (Fsp3) is 0.176. The molecule has 0 saturated heterocycles. The van der Waals surface area contributed by atoms with Gasteiger partial charge in [0.15, 0.2) is 5.13 Å². The Morgan fingerprint density at radius 2 is 2.00 bits per heavy atom. The molecule has 0 spiro atoms. The number of alkyl halides is 3. The zero-order valence-corrected chi connectivity index (χ0v) is 16.0. The Kier molecular flexibility index (Phi) is 5.20. The predicted molar refractivity (Wildman–Crippen MR) is 102 cm³/mol. The third-order valence-corrected chi connectivity index (χ3v) is 6.66. The summed E-state index contributed by atoms with van der Waals surface area (Å²) in [6.07, 6.45) is 1.37. The van der Waals surface area contributed by atoms with Crippen molar-refractivity contribution in [1.82, 2.24) is 15.0 Å². The molecule has 0 fully saturated rings. The zero-order chi connectivity index (χ0) is 19.7. The number of hydrogen-bond donors (Lipinski definition) is 1. The van der Waals surface area contributed by atoms with Crippen molar-refractivity contribution >= 4 is 31.0 Å². The van der Waals surface area contributed by atoms with Gasteiger partial charge in [0.05, 0.1) is 15.4 Å². The molecule has 3 heterocycles. The van der Waals surface area contributed by atoms with Crippen LogP contribution in [0.15, 0.2) is 48.2 Å². The fourth-order valence-corrected chi connectivity index (χ4v) is 4.54. The number of nitrogens with one attached hydrogen (secondary N) is 1. The van der Waals surface area contributed by atoms with Crippen molar-refractivity contribution < 1.29 is 17.4 Å². The molecule has 0 aliphatic rings. The molecule has 1 N–H and O–H groups in total. The van der Waals surface area contributed by atoms with Gasteiger partial charge in [-0.15, -0.1) is 11.3 Å². The largest absolute Gasteiger partial charge is 0.433 e. The number of rotatable bonds is 4. The Bertz CT molecular complexity index is 1050. The van der Waals surface area contributed by atoms with Gasteiger partial charge in [-0.05, 0) is 25.1 Å². The van der Waals surface area contributed by atoms with Crippen molar-refractivity contribution in [1.29, 1.82) is 0 Å². The van der Waals surface area contributed by atoms with Gasteiger partial charge in [-0.1, -0.05) is 6.07 Å². The Morgan fingerprint density at radius 3 is 2.59 bits per heavy atom. The van der Waals surface area contributed by atoms with E-state index in [0.717, 1.165) is 17.8 Å². The average molecular weight is 412 g/mol. The van der Waals surface area contributed by atoms with E-state index >= 15 is 0 Å². The number of hydrogen-bond acceptors (Lipinski definition) is 5. The molecule has 0 aliphatic heterocycles. The highest BCUT2D eigenvalue weighted by molar-refractivity contribution is 8.03. The van der Waals surface area contributed by atoms with E-state index < -0.39 is 21.6 Å². The van der Waals surface area contributed by atoms with Crippen LogP contribution in [-0.4, -0.2) is 30.3 Å². The molecule has 5 nitrogen and oxygen atoms in total. The van der Waals surface area contributed by atoms with Gasteiger partial charge >= 0.3 is 6.18 Å². The SMILES string of the molecule is CC(c1ccc(C(F)(F)F)nc1)=S(C)(=O)Nc1nc(-c2cccnc2)cs1. The minimum atomic E-state index is -4.51. The summed E-state index contributed by atoms with van der Waals surface area (Å²) in [5, 5.41) is 2.25. The van der Waals surface area contributed by atoms with Crippen LogP contribution < -0.4 is 4.72 Å². The summed E-state index contributed by atoms with van der Waals surface area (Å²) in [6.45, 7) is 1.59. The minimum absolute atomic E-state index is 0.368. The number of aromatic nitrogens is 3. The molecule has 142 valence electrons. The number of anilines is 1. The normalized spacial score (nSPS) is 13.8. The summed E-state index contributed by atoms with van der Waals surface area (Å²) in [5.74, 6) is 0. The molecule has 27 heavy (non-hydrogen) atoms. The van der Waals surface area contributed by atoms with Gasteiger partial charge in [0.25, 0.3) is 0 Å². The van der Waals surface area contributed by atoms with Gasteiger partial charge in [-0.3, -0.25) is 14.7 Å². The summed E-state index contributed by atoms with van der Waals surface area (Å²) < 4.78 is 53.8. The summed E-state index contributed by atoms with van der Waals surface area (Å²) in [6, 6.07) is 5.79. The van der Waals surface area contributed by atoms with Crippen LogP contribution in [0.25, 0.3) is 11.3 Å². The van der Waals surface area contributed by atoms with Gasteiger partial charge in [0.1, 0.15) is 5.69 Å². The van der Waals surface area contributed by atoms with Gasteiger partial charge in [-0.25, -0.2) is 9.19 Å². The van der Waals surface area contributed by atoms with E-state index in [1.54, 1.807) is 25.4 Å². The van der Waals surface area contributed by atoms with E-state index in [1.165, 1.54) is 23.7 Å². The van der Waals surface area contributed by atoms with Crippen molar-refractivity contribution in [3.63, 3.8) is 0 Å². The second kappa shape index (κ2) is 7.28. The number of halogens is 3. The lowest BCUT2D eigenvalue weighted by Gasteiger charge is -2.12. The van der Waals surface area contributed by atoms with E-state index in [4.69, 9.17) is 0 Å². The van der Waals surface area contributed by atoms with Gasteiger partial charge in [0, 0.05) is 46.2 Å². The molecule has 0 aromatic carbocycles. The first-order chi connectivity index (χ1) is 12.7. The monoisotopic (exact) mass is 412 g/mol. The molecule has 1 atom stereocenters. The maximum atomic E-state index is 13.0. The first-order valence-electron chi connectivity index (χ1n) is 7.67. The highest BCUT2D eigenvalue weighted by atomic mass is 32.2. The lowest BCUT2D eigenvalue weighted by atomic mass is 10.2. The Hall–Kier alpha value is -2.46. The quantitative estimate of drug-likeness (QED) is 0.518. The summed E-state index contributed by atoms with van der Waals surface area (Å²) >= 11 is 1.28. The van der Waals surface area contributed by atoms with E-state index in [2.05, 4.69) is 19.7 Å². The van der Waals surface area contributed by atoms with Crippen molar-refractivity contribution in [3.8, 4) is 11.3 Å². The Morgan fingerprint density at radius 1 is 1.22 bits per heavy atom. The minimum Gasteiger partial charge on any atom is -0.288 e. The zero-order valence-electron chi connectivity index (χ0n) is 14.3. The molecule has 3 aromatic heterocycles. The number of pyridine rings is 2. The van der Waals surface area contributed by atoms with Gasteiger partial charge < -0.3 is 0 Å². The van der Waals surface area contributed by atoms with Crippen LogP contribution in [0, 0.1) is 0 Å². The lowest BCUT2D eigenvalue weighted by molar-refractivity contribution is -0.141. The molecule has 3 rings (SSSR count). The summed E-state index contributed by atoms with van der Waals surface area (Å²) in [7, 11) is -2.76. The molecule has 0 aliphatic carbocycles. The molecule has 1 unspecified atom stereocenters. The summed E-state index contributed by atoms with van der Waals surface area (Å²) in [5.41, 5.74) is 0.902. The molecule has 0 saturated carbocycles. The first-order valence-corrected chi connectivity index (χ1v) is 10.5. The Balaban J connectivity index is 1.87. The molecule has 0 bridgehead atoms. The lowest BCUT2D eigenvalue weighted by Crippen LogP contribution is -2.20. The standard InChI is InChI=1S/C17H15F3N4OS2/c1-11(12-5-6-15(22-9-12)17(18,19)20)27(2,25)24-16-23-14(10-26-16)13-4-3-7-21-8-13/h3-10H,1-2H3,(H,23,24,25). The second-order valence-electron chi connectivity index (χ2n) is 5.71. The third-order valence-electron chi connectivity index (χ3n) is 3.79. The van der Waals surface area contributed by atoms with E-state index in [-0.39, 0.29) is 0 Å². The highest BCUT2D eigenvalue weighted by Gasteiger charge is 2.32. The van der Waals surface area contributed by atoms with E-state index in [0.29, 0.717) is 21.3 Å². The van der Waals surface area contributed by atoms with Crippen molar-refractivity contribution in [2.45, 2.75) is 13.1 Å². The molecule has 3 aromatic rings. The van der Waals surface area contributed by atoms with E-state index in [9.17, 15) is 17.4 Å². The van der Waals surface area contributed by atoms with Crippen molar-refractivity contribution in [2.75, 3.05) is 11.0 Å². The van der Waals surface area contributed by atoms with Crippen LogP contribution in [0.2, 0.25) is 0 Å². The maximum absolute atomic E-state index is 13.0. The average Bonchev–Trinajstić information content (AvgIpc) is 3.09. The molecule has 0 radical (unpaired) electrons. The molecular formula is C17H15F3N4OS2. The van der Waals surface area contributed by atoms with Crippen LogP contribution in [-0.2, 0) is 15.9 Å².